The Morgan fingerprint density at radius 1 is 1.14 bits per heavy atom. The molecule has 2 aromatic heterocycles. The molecular formula is C22H24FN3O2S. The summed E-state index contributed by atoms with van der Waals surface area (Å²) in [4.78, 5) is 19.2. The van der Waals surface area contributed by atoms with Crippen molar-refractivity contribution in [1.29, 1.82) is 0 Å². The van der Waals surface area contributed by atoms with Crippen LogP contribution in [0.2, 0.25) is 0 Å². The highest BCUT2D eigenvalue weighted by Gasteiger charge is 2.21. The van der Waals surface area contributed by atoms with E-state index in [4.69, 9.17) is 4.42 Å². The molecular weight excluding hydrogens is 389 g/mol. The second kappa shape index (κ2) is 7.80. The summed E-state index contributed by atoms with van der Waals surface area (Å²) >= 11 is 1.85. The molecule has 3 aromatic rings. The lowest BCUT2D eigenvalue weighted by atomic mass is 10.2. The van der Waals surface area contributed by atoms with Crippen molar-refractivity contribution in [3.63, 3.8) is 0 Å². The van der Waals surface area contributed by atoms with Gasteiger partial charge in [-0.3, -0.25) is 9.69 Å². The number of rotatable bonds is 4. The predicted molar refractivity (Wildman–Crippen MR) is 114 cm³/mol. The molecule has 1 amide bonds. The Balaban J connectivity index is 1.17. The Hall–Kier alpha value is -2.38. The smallest absolute Gasteiger partial charge is 0.224 e. The molecule has 5 nitrogen and oxygen atoms in total. The number of nitrogens with zero attached hydrogens (tertiary/aromatic N) is 2. The number of benzene rings is 1. The van der Waals surface area contributed by atoms with Crippen LogP contribution in [0.3, 0.4) is 0 Å². The number of nitrogens with one attached hydrogen (secondary N) is 1. The van der Waals surface area contributed by atoms with E-state index >= 15 is 0 Å². The van der Waals surface area contributed by atoms with Crippen molar-refractivity contribution in [2.75, 3.05) is 42.9 Å². The number of aryl methyl sites for hydroxylation is 1. The van der Waals surface area contributed by atoms with Gasteiger partial charge in [-0.1, -0.05) is 0 Å². The number of hydrogen-bond donors (Lipinski definition) is 1. The molecule has 0 unspecified atom stereocenters. The van der Waals surface area contributed by atoms with Crippen LogP contribution < -0.4 is 10.2 Å². The van der Waals surface area contributed by atoms with Gasteiger partial charge >= 0.3 is 0 Å². The molecule has 152 valence electrons. The summed E-state index contributed by atoms with van der Waals surface area (Å²) in [6.07, 6.45) is 5.33. The number of halogens is 1. The van der Waals surface area contributed by atoms with Gasteiger partial charge in [0.1, 0.15) is 17.7 Å². The van der Waals surface area contributed by atoms with Crippen LogP contribution in [0.1, 0.15) is 22.6 Å². The second-order valence-corrected chi connectivity index (χ2v) is 9.01. The van der Waals surface area contributed by atoms with E-state index in [9.17, 15) is 9.18 Å². The van der Waals surface area contributed by atoms with E-state index in [1.165, 1.54) is 21.9 Å². The number of thiophene rings is 1. The maximum Gasteiger partial charge on any atom is 0.224 e. The summed E-state index contributed by atoms with van der Waals surface area (Å²) < 4.78 is 18.9. The molecule has 0 bridgehead atoms. The first-order valence-corrected chi connectivity index (χ1v) is 11.0. The highest BCUT2D eigenvalue weighted by Crippen LogP contribution is 2.32. The monoisotopic (exact) mass is 413 g/mol. The number of carbonyl (C=O) groups excluding carboxylic acids is 1. The fourth-order valence-electron chi connectivity index (χ4n) is 4.23. The third-order valence-corrected chi connectivity index (χ3v) is 7.10. The van der Waals surface area contributed by atoms with Crippen LogP contribution in [0.5, 0.6) is 0 Å². The molecule has 1 N–H and O–H groups in total. The Morgan fingerprint density at radius 3 is 2.86 bits per heavy atom. The van der Waals surface area contributed by atoms with E-state index in [0.29, 0.717) is 12.0 Å². The van der Waals surface area contributed by atoms with Gasteiger partial charge in [0.25, 0.3) is 0 Å². The van der Waals surface area contributed by atoms with E-state index in [1.54, 1.807) is 12.3 Å². The zero-order valence-corrected chi connectivity index (χ0v) is 17.1. The van der Waals surface area contributed by atoms with E-state index < -0.39 is 0 Å². The molecule has 0 spiro atoms. The lowest BCUT2D eigenvalue weighted by Crippen LogP contribution is -2.46. The molecule has 0 saturated carbocycles. The van der Waals surface area contributed by atoms with Gasteiger partial charge in [-0.2, -0.15) is 0 Å². The van der Waals surface area contributed by atoms with Crippen molar-refractivity contribution in [2.45, 2.75) is 25.7 Å². The van der Waals surface area contributed by atoms with Crippen LogP contribution in [0.25, 0.3) is 11.0 Å². The summed E-state index contributed by atoms with van der Waals surface area (Å²) in [5, 5.41) is 4.01. The quantitative estimate of drug-likeness (QED) is 0.694. The summed E-state index contributed by atoms with van der Waals surface area (Å²) in [6.45, 7) is 4.88. The van der Waals surface area contributed by atoms with Gasteiger partial charge in [0.2, 0.25) is 5.91 Å². The summed E-state index contributed by atoms with van der Waals surface area (Å²) in [5.41, 5.74) is 2.69. The zero-order valence-electron chi connectivity index (χ0n) is 16.2. The Morgan fingerprint density at radius 2 is 2.00 bits per heavy atom. The van der Waals surface area contributed by atoms with Gasteiger partial charge in [0, 0.05) is 60.4 Å². The number of furan rings is 1. The predicted octanol–water partition coefficient (Wildman–Crippen LogP) is 4.27. The Bertz CT molecular complexity index is 1040. The minimum atomic E-state index is -0.270. The summed E-state index contributed by atoms with van der Waals surface area (Å²) in [6, 6.07) is 6.90. The van der Waals surface area contributed by atoms with Crippen molar-refractivity contribution in [2.24, 2.45) is 0 Å². The van der Waals surface area contributed by atoms with Crippen LogP contribution in [-0.4, -0.2) is 43.5 Å². The molecule has 0 radical (unpaired) electrons. The number of fused-ring (bicyclic) bond motifs is 2. The minimum Gasteiger partial charge on any atom is -0.462 e. The van der Waals surface area contributed by atoms with Crippen LogP contribution in [-0.2, 0) is 17.6 Å². The minimum absolute atomic E-state index is 0.138. The lowest BCUT2D eigenvalue weighted by molar-refractivity contribution is -0.116. The molecule has 2 aliphatic heterocycles. The lowest BCUT2D eigenvalue weighted by Gasteiger charge is -2.35. The first-order valence-electron chi connectivity index (χ1n) is 10.2. The van der Waals surface area contributed by atoms with E-state index in [2.05, 4.69) is 21.2 Å². The average molecular weight is 414 g/mol. The van der Waals surface area contributed by atoms with E-state index in [-0.39, 0.29) is 11.7 Å². The SMILES string of the molecule is O=C1CCCc2sc(CCN3CCN(c4coc5cc(F)ccc45)CC3)cc2N1. The summed E-state index contributed by atoms with van der Waals surface area (Å²) in [5.74, 6) is -0.132. The van der Waals surface area contributed by atoms with Gasteiger partial charge in [-0.15, -0.1) is 11.3 Å². The Labute approximate surface area is 173 Å². The third-order valence-electron chi connectivity index (χ3n) is 5.85. The number of piperazine rings is 1. The number of anilines is 2. The molecule has 2 aliphatic rings. The first-order chi connectivity index (χ1) is 14.2. The maximum absolute atomic E-state index is 13.4. The van der Waals surface area contributed by atoms with Crippen molar-refractivity contribution in [1.82, 2.24) is 4.90 Å². The summed E-state index contributed by atoms with van der Waals surface area (Å²) in [7, 11) is 0. The fourth-order valence-corrected chi connectivity index (χ4v) is 5.39. The largest absolute Gasteiger partial charge is 0.462 e. The second-order valence-electron chi connectivity index (χ2n) is 7.79. The fraction of sp³-hybridized carbons (Fsp3) is 0.409. The van der Waals surface area contributed by atoms with Crippen molar-refractivity contribution in [3.8, 4) is 0 Å². The molecule has 0 aliphatic carbocycles. The molecule has 1 fully saturated rings. The number of amides is 1. The number of carbonyl (C=O) groups is 1. The standard InChI is InChI=1S/C22H24FN3O2S/c23-15-4-5-17-19(14-28-20(17)12-15)26-10-8-25(9-11-26)7-6-16-13-18-21(29-16)2-1-3-22(27)24-18/h4-5,12-14H,1-3,6-11H2,(H,24,27). The van der Waals surface area contributed by atoms with Crippen LogP contribution >= 0.6 is 11.3 Å². The molecule has 7 heteroatoms. The molecule has 1 saturated heterocycles. The van der Waals surface area contributed by atoms with Gasteiger partial charge in [0.05, 0.1) is 11.4 Å². The van der Waals surface area contributed by atoms with Crippen LogP contribution in [0, 0.1) is 5.82 Å². The third kappa shape index (κ3) is 3.89. The molecule has 0 atom stereocenters. The number of hydrogen-bond acceptors (Lipinski definition) is 5. The first kappa shape index (κ1) is 18.6. The molecule has 5 rings (SSSR count). The van der Waals surface area contributed by atoms with E-state index in [1.807, 2.05) is 11.3 Å². The Kier molecular flexibility index (Phi) is 5.01. The highest BCUT2D eigenvalue weighted by molar-refractivity contribution is 7.12. The normalized spacial score (nSPS) is 18.0. The van der Waals surface area contributed by atoms with Crippen molar-refractivity contribution < 1.29 is 13.6 Å². The zero-order chi connectivity index (χ0) is 19.8. The van der Waals surface area contributed by atoms with Crippen LogP contribution in [0.4, 0.5) is 15.8 Å². The van der Waals surface area contributed by atoms with Gasteiger partial charge in [0.15, 0.2) is 0 Å². The van der Waals surface area contributed by atoms with Gasteiger partial charge < -0.3 is 14.6 Å². The van der Waals surface area contributed by atoms with Crippen molar-refractivity contribution in [3.05, 3.63) is 46.1 Å². The van der Waals surface area contributed by atoms with Gasteiger partial charge in [-0.05, 0) is 37.5 Å². The van der Waals surface area contributed by atoms with Crippen LogP contribution in [0.15, 0.2) is 34.9 Å². The molecule has 4 heterocycles. The maximum atomic E-state index is 13.4. The van der Waals surface area contributed by atoms with Crippen molar-refractivity contribution >= 4 is 39.6 Å². The molecule has 29 heavy (non-hydrogen) atoms. The van der Waals surface area contributed by atoms with Gasteiger partial charge in [-0.25, -0.2) is 4.39 Å². The molecule has 1 aromatic carbocycles. The average Bonchev–Trinajstić information content (AvgIpc) is 3.26. The topological polar surface area (TPSA) is 48.7 Å². The van der Waals surface area contributed by atoms with E-state index in [0.717, 1.165) is 68.7 Å². The highest BCUT2D eigenvalue weighted by atomic mass is 32.1.